The molecule has 5 nitrogen and oxygen atoms in total. The Morgan fingerprint density at radius 3 is 2.33 bits per heavy atom. The standard InChI is InChI=1S/C19H31N3O2/c1-4-10-19(3,20)18(23)22-13-11-21(12-14-22)15-16-6-8-17(9-7-16)24-5-2/h6-9H,4-5,10-15,20H2,1-3H3. The van der Waals surface area contributed by atoms with E-state index in [1.54, 1.807) is 0 Å². The summed E-state index contributed by atoms with van der Waals surface area (Å²) in [7, 11) is 0. The fourth-order valence-corrected chi connectivity index (χ4v) is 3.21. The van der Waals surface area contributed by atoms with Crippen molar-refractivity contribution < 1.29 is 9.53 Å². The summed E-state index contributed by atoms with van der Waals surface area (Å²) in [6, 6.07) is 8.26. The number of carbonyl (C=O) groups excluding carboxylic acids is 1. The Hall–Kier alpha value is -1.59. The van der Waals surface area contributed by atoms with Crippen molar-refractivity contribution in [2.75, 3.05) is 32.8 Å². The zero-order valence-electron chi connectivity index (χ0n) is 15.3. The number of carbonyl (C=O) groups is 1. The van der Waals surface area contributed by atoms with Gasteiger partial charge in [-0.1, -0.05) is 25.5 Å². The van der Waals surface area contributed by atoms with Gasteiger partial charge in [0, 0.05) is 32.7 Å². The summed E-state index contributed by atoms with van der Waals surface area (Å²) in [6.07, 6.45) is 1.66. The van der Waals surface area contributed by atoms with Crippen molar-refractivity contribution in [3.63, 3.8) is 0 Å². The molecule has 1 amide bonds. The quantitative estimate of drug-likeness (QED) is 0.831. The van der Waals surface area contributed by atoms with Crippen LogP contribution >= 0.6 is 0 Å². The Morgan fingerprint density at radius 2 is 1.79 bits per heavy atom. The van der Waals surface area contributed by atoms with Gasteiger partial charge in [0.1, 0.15) is 5.75 Å². The third-order valence-corrected chi connectivity index (χ3v) is 4.56. The van der Waals surface area contributed by atoms with E-state index >= 15 is 0 Å². The first-order valence-corrected chi connectivity index (χ1v) is 8.98. The molecule has 0 bridgehead atoms. The van der Waals surface area contributed by atoms with Gasteiger partial charge in [-0.05, 0) is 38.0 Å². The first-order valence-electron chi connectivity index (χ1n) is 8.98. The molecular formula is C19H31N3O2. The maximum atomic E-state index is 12.5. The topological polar surface area (TPSA) is 58.8 Å². The predicted octanol–water partition coefficient (Wildman–Crippen LogP) is 2.25. The largest absolute Gasteiger partial charge is 0.494 e. The minimum absolute atomic E-state index is 0.0880. The van der Waals surface area contributed by atoms with Crippen LogP contribution in [0.2, 0.25) is 0 Å². The molecule has 0 radical (unpaired) electrons. The Balaban J connectivity index is 1.83. The van der Waals surface area contributed by atoms with E-state index in [9.17, 15) is 4.79 Å². The summed E-state index contributed by atoms with van der Waals surface area (Å²) in [5.41, 5.74) is 6.72. The van der Waals surface area contributed by atoms with E-state index in [1.165, 1.54) is 5.56 Å². The number of nitrogens with two attached hydrogens (primary N) is 1. The molecule has 1 unspecified atom stereocenters. The van der Waals surface area contributed by atoms with Crippen LogP contribution in [-0.2, 0) is 11.3 Å². The molecule has 0 aliphatic carbocycles. The number of hydrogen-bond donors (Lipinski definition) is 1. The van der Waals surface area contributed by atoms with Gasteiger partial charge in [-0.3, -0.25) is 9.69 Å². The molecule has 1 fully saturated rings. The molecule has 1 aliphatic heterocycles. The van der Waals surface area contributed by atoms with Crippen LogP contribution in [0, 0.1) is 0 Å². The molecular weight excluding hydrogens is 302 g/mol. The van der Waals surface area contributed by atoms with Crippen LogP contribution in [0.5, 0.6) is 5.75 Å². The Labute approximate surface area is 145 Å². The zero-order valence-corrected chi connectivity index (χ0v) is 15.3. The Morgan fingerprint density at radius 1 is 1.17 bits per heavy atom. The van der Waals surface area contributed by atoms with Gasteiger partial charge in [0.2, 0.25) is 5.91 Å². The van der Waals surface area contributed by atoms with Gasteiger partial charge in [-0.15, -0.1) is 0 Å². The van der Waals surface area contributed by atoms with Gasteiger partial charge in [0.05, 0.1) is 12.1 Å². The average Bonchev–Trinajstić information content (AvgIpc) is 2.57. The van der Waals surface area contributed by atoms with Crippen molar-refractivity contribution in [1.82, 2.24) is 9.80 Å². The molecule has 5 heteroatoms. The SMILES string of the molecule is CCCC(C)(N)C(=O)N1CCN(Cc2ccc(OCC)cc2)CC1. The lowest BCUT2D eigenvalue weighted by atomic mass is 9.95. The lowest BCUT2D eigenvalue weighted by Crippen LogP contribution is -2.58. The van der Waals surface area contributed by atoms with Crippen LogP contribution in [0.15, 0.2) is 24.3 Å². The molecule has 0 spiro atoms. The smallest absolute Gasteiger partial charge is 0.242 e. The van der Waals surface area contributed by atoms with Crippen molar-refractivity contribution >= 4 is 5.91 Å². The summed E-state index contributed by atoms with van der Waals surface area (Å²) in [6.45, 7) is 10.8. The second-order valence-corrected chi connectivity index (χ2v) is 6.81. The van der Waals surface area contributed by atoms with E-state index in [0.717, 1.165) is 51.3 Å². The van der Waals surface area contributed by atoms with Gasteiger partial charge in [-0.25, -0.2) is 0 Å². The Bertz CT molecular complexity index is 520. The number of rotatable bonds is 7. The number of nitrogens with zero attached hydrogens (tertiary/aromatic N) is 2. The van der Waals surface area contributed by atoms with Crippen LogP contribution in [0.4, 0.5) is 0 Å². The summed E-state index contributed by atoms with van der Waals surface area (Å²) in [5, 5.41) is 0. The second kappa shape index (κ2) is 8.49. The lowest BCUT2D eigenvalue weighted by Gasteiger charge is -2.38. The highest BCUT2D eigenvalue weighted by Crippen LogP contribution is 2.17. The molecule has 1 saturated heterocycles. The first-order chi connectivity index (χ1) is 11.5. The van der Waals surface area contributed by atoms with E-state index in [0.29, 0.717) is 6.61 Å². The van der Waals surface area contributed by atoms with Crippen LogP contribution < -0.4 is 10.5 Å². The number of amides is 1. The molecule has 1 heterocycles. The van der Waals surface area contributed by atoms with Crippen molar-refractivity contribution in [3.05, 3.63) is 29.8 Å². The summed E-state index contributed by atoms with van der Waals surface area (Å²) in [5.74, 6) is 1.000. The third kappa shape index (κ3) is 4.95. The fourth-order valence-electron chi connectivity index (χ4n) is 3.21. The normalized spacial score (nSPS) is 18.2. The van der Waals surface area contributed by atoms with Crippen molar-refractivity contribution in [1.29, 1.82) is 0 Å². The molecule has 134 valence electrons. The van der Waals surface area contributed by atoms with E-state index in [4.69, 9.17) is 10.5 Å². The number of ether oxygens (including phenoxy) is 1. The summed E-state index contributed by atoms with van der Waals surface area (Å²) in [4.78, 5) is 16.8. The van der Waals surface area contributed by atoms with Crippen molar-refractivity contribution in [3.8, 4) is 5.75 Å². The van der Waals surface area contributed by atoms with Gasteiger partial charge >= 0.3 is 0 Å². The fraction of sp³-hybridized carbons (Fsp3) is 0.632. The molecule has 1 aliphatic rings. The predicted molar refractivity (Wildman–Crippen MR) is 97.0 cm³/mol. The zero-order chi connectivity index (χ0) is 17.6. The molecule has 1 aromatic carbocycles. The van der Waals surface area contributed by atoms with Crippen LogP contribution in [0.3, 0.4) is 0 Å². The van der Waals surface area contributed by atoms with E-state index in [-0.39, 0.29) is 5.91 Å². The molecule has 2 rings (SSSR count). The minimum Gasteiger partial charge on any atom is -0.494 e. The molecule has 1 atom stereocenters. The molecule has 0 saturated carbocycles. The van der Waals surface area contributed by atoms with E-state index < -0.39 is 5.54 Å². The number of benzene rings is 1. The van der Waals surface area contributed by atoms with Crippen LogP contribution in [0.25, 0.3) is 0 Å². The van der Waals surface area contributed by atoms with Crippen molar-refractivity contribution in [2.45, 2.75) is 45.7 Å². The highest BCUT2D eigenvalue weighted by Gasteiger charge is 2.33. The maximum Gasteiger partial charge on any atom is 0.242 e. The maximum absolute atomic E-state index is 12.5. The van der Waals surface area contributed by atoms with Crippen LogP contribution in [-0.4, -0.2) is 54.0 Å². The lowest BCUT2D eigenvalue weighted by molar-refractivity contribution is -0.138. The monoisotopic (exact) mass is 333 g/mol. The average molecular weight is 333 g/mol. The first kappa shape index (κ1) is 18.7. The third-order valence-electron chi connectivity index (χ3n) is 4.56. The molecule has 24 heavy (non-hydrogen) atoms. The second-order valence-electron chi connectivity index (χ2n) is 6.81. The number of piperazine rings is 1. The van der Waals surface area contributed by atoms with Gasteiger partial charge in [0.15, 0.2) is 0 Å². The highest BCUT2D eigenvalue weighted by molar-refractivity contribution is 5.85. The number of hydrogen-bond acceptors (Lipinski definition) is 4. The van der Waals surface area contributed by atoms with Crippen LogP contribution in [0.1, 0.15) is 39.2 Å². The minimum atomic E-state index is -0.730. The van der Waals surface area contributed by atoms with E-state index in [1.807, 2.05) is 30.9 Å². The van der Waals surface area contributed by atoms with E-state index in [2.05, 4.69) is 24.0 Å². The molecule has 1 aromatic rings. The molecule has 2 N–H and O–H groups in total. The highest BCUT2D eigenvalue weighted by atomic mass is 16.5. The molecule has 0 aromatic heterocycles. The Kier molecular flexibility index (Phi) is 6.63. The van der Waals surface area contributed by atoms with Gasteiger partial charge < -0.3 is 15.4 Å². The van der Waals surface area contributed by atoms with Gasteiger partial charge in [-0.2, -0.15) is 0 Å². The summed E-state index contributed by atoms with van der Waals surface area (Å²) >= 11 is 0. The van der Waals surface area contributed by atoms with Crippen molar-refractivity contribution in [2.24, 2.45) is 5.73 Å². The summed E-state index contributed by atoms with van der Waals surface area (Å²) < 4.78 is 5.47. The van der Waals surface area contributed by atoms with Gasteiger partial charge in [0.25, 0.3) is 0 Å².